The molecule has 0 aliphatic rings. The predicted octanol–water partition coefficient (Wildman–Crippen LogP) is 7.27. The quantitative estimate of drug-likeness (QED) is 0.297. The molecule has 0 saturated heterocycles. The number of aromatic nitrogens is 2. The molecule has 0 bridgehead atoms. The predicted molar refractivity (Wildman–Crippen MR) is 124 cm³/mol. The van der Waals surface area contributed by atoms with Gasteiger partial charge in [0.05, 0.1) is 0 Å². The van der Waals surface area contributed by atoms with E-state index in [1.807, 2.05) is 6.07 Å². The molecule has 0 amide bonds. The molecule has 3 nitrogen and oxygen atoms in total. The van der Waals surface area contributed by atoms with Gasteiger partial charge in [0.15, 0.2) is 5.58 Å². The Bertz CT molecular complexity index is 1630. The van der Waals surface area contributed by atoms with Crippen molar-refractivity contribution in [3.8, 4) is 11.3 Å². The van der Waals surface area contributed by atoms with Gasteiger partial charge >= 0.3 is 0 Å². The number of hydrogen-bond acceptors (Lipinski definition) is 3. The van der Waals surface area contributed by atoms with Crippen LogP contribution in [-0.2, 0) is 0 Å². The van der Waals surface area contributed by atoms with Gasteiger partial charge in [0.1, 0.15) is 23.1 Å². The summed E-state index contributed by atoms with van der Waals surface area (Å²) in [6, 6.07) is 21.5. The Morgan fingerprint density at radius 2 is 1.50 bits per heavy atom. The van der Waals surface area contributed by atoms with Crippen molar-refractivity contribution in [1.82, 2.24) is 9.97 Å². The van der Waals surface area contributed by atoms with E-state index in [-0.39, 0.29) is 0 Å². The number of aryl methyl sites for hydroxylation is 3. The summed E-state index contributed by atoms with van der Waals surface area (Å²) in [4.78, 5) is 9.20. The molecule has 0 aliphatic carbocycles. The van der Waals surface area contributed by atoms with Crippen molar-refractivity contribution in [2.75, 3.05) is 0 Å². The van der Waals surface area contributed by atoms with Gasteiger partial charge in [-0.15, -0.1) is 0 Å². The van der Waals surface area contributed by atoms with Crippen LogP contribution in [0.4, 0.5) is 0 Å². The van der Waals surface area contributed by atoms with Gasteiger partial charge in [0.25, 0.3) is 0 Å². The number of benzene rings is 4. The average molecular weight is 388 g/mol. The van der Waals surface area contributed by atoms with E-state index in [1.54, 1.807) is 6.33 Å². The topological polar surface area (TPSA) is 38.9 Å². The van der Waals surface area contributed by atoms with Crippen molar-refractivity contribution in [2.45, 2.75) is 20.8 Å². The summed E-state index contributed by atoms with van der Waals surface area (Å²) in [5.74, 6) is 0. The Labute approximate surface area is 174 Å². The van der Waals surface area contributed by atoms with Crippen molar-refractivity contribution in [3.05, 3.63) is 83.7 Å². The molecule has 0 spiro atoms. The molecule has 6 aromatic rings. The monoisotopic (exact) mass is 388 g/mol. The van der Waals surface area contributed by atoms with Gasteiger partial charge in [-0.1, -0.05) is 42.0 Å². The van der Waals surface area contributed by atoms with Gasteiger partial charge in [-0.2, -0.15) is 0 Å². The molecule has 3 heteroatoms. The Balaban J connectivity index is 1.67. The number of nitrogens with zero attached hydrogens (tertiary/aromatic N) is 2. The van der Waals surface area contributed by atoms with Crippen LogP contribution in [0.2, 0.25) is 0 Å². The normalized spacial score (nSPS) is 11.8. The van der Waals surface area contributed by atoms with E-state index in [0.29, 0.717) is 0 Å². The highest BCUT2D eigenvalue weighted by Crippen LogP contribution is 2.37. The number of rotatable bonds is 1. The van der Waals surface area contributed by atoms with Crippen molar-refractivity contribution in [2.24, 2.45) is 0 Å². The van der Waals surface area contributed by atoms with Gasteiger partial charge in [-0.05, 0) is 77.7 Å². The Morgan fingerprint density at radius 3 is 2.33 bits per heavy atom. The third kappa shape index (κ3) is 2.45. The fourth-order valence-electron chi connectivity index (χ4n) is 4.77. The first kappa shape index (κ1) is 17.2. The Kier molecular flexibility index (Phi) is 3.51. The average Bonchev–Trinajstić information content (AvgIpc) is 3.08. The van der Waals surface area contributed by atoms with Gasteiger partial charge in [-0.3, -0.25) is 0 Å². The molecule has 30 heavy (non-hydrogen) atoms. The maximum Gasteiger partial charge on any atom is 0.180 e. The molecular weight excluding hydrogens is 368 g/mol. The minimum absolute atomic E-state index is 0.742. The molecule has 0 aliphatic heterocycles. The Morgan fingerprint density at radius 1 is 0.733 bits per heavy atom. The first-order valence-corrected chi connectivity index (χ1v) is 10.2. The minimum Gasteiger partial charge on any atom is -0.452 e. The van der Waals surface area contributed by atoms with Crippen LogP contribution in [0.1, 0.15) is 16.7 Å². The SMILES string of the molecule is Cc1cc(C)c2c(C)cc(-c3ncnc4c3oc3cc5ccccc5cc34)cc2c1. The second kappa shape index (κ2) is 6.14. The molecule has 0 radical (unpaired) electrons. The fraction of sp³-hybridized carbons (Fsp3) is 0.111. The number of furan rings is 1. The molecule has 2 aromatic heterocycles. The third-order valence-corrected chi connectivity index (χ3v) is 5.98. The van der Waals surface area contributed by atoms with Crippen LogP contribution in [0.15, 0.2) is 71.4 Å². The van der Waals surface area contributed by atoms with Gasteiger partial charge in [-0.25, -0.2) is 9.97 Å². The van der Waals surface area contributed by atoms with E-state index >= 15 is 0 Å². The summed E-state index contributed by atoms with van der Waals surface area (Å²) in [7, 11) is 0. The van der Waals surface area contributed by atoms with Crippen molar-refractivity contribution in [3.63, 3.8) is 0 Å². The van der Waals surface area contributed by atoms with Crippen LogP contribution >= 0.6 is 0 Å². The first-order valence-electron chi connectivity index (χ1n) is 10.2. The Hall–Kier alpha value is -3.72. The zero-order valence-corrected chi connectivity index (χ0v) is 17.2. The first-order chi connectivity index (χ1) is 14.6. The summed E-state index contributed by atoms with van der Waals surface area (Å²) < 4.78 is 6.32. The van der Waals surface area contributed by atoms with Gasteiger partial charge < -0.3 is 4.42 Å². The van der Waals surface area contributed by atoms with E-state index in [0.717, 1.165) is 38.7 Å². The van der Waals surface area contributed by atoms with E-state index < -0.39 is 0 Å². The molecule has 0 N–H and O–H groups in total. The maximum atomic E-state index is 6.32. The molecular formula is C27H20N2O. The highest BCUT2D eigenvalue weighted by molar-refractivity contribution is 6.11. The lowest BCUT2D eigenvalue weighted by atomic mass is 9.95. The van der Waals surface area contributed by atoms with Crippen LogP contribution in [0.3, 0.4) is 0 Å². The summed E-state index contributed by atoms with van der Waals surface area (Å²) in [6.45, 7) is 6.48. The molecule has 6 rings (SSSR count). The molecule has 4 aromatic carbocycles. The highest BCUT2D eigenvalue weighted by atomic mass is 16.3. The molecule has 2 heterocycles. The van der Waals surface area contributed by atoms with Gasteiger partial charge in [0, 0.05) is 10.9 Å². The van der Waals surface area contributed by atoms with E-state index in [2.05, 4.69) is 85.3 Å². The summed E-state index contributed by atoms with van der Waals surface area (Å²) in [6.07, 6.45) is 1.64. The van der Waals surface area contributed by atoms with Crippen LogP contribution in [0.5, 0.6) is 0 Å². The molecule has 0 unspecified atom stereocenters. The fourth-order valence-corrected chi connectivity index (χ4v) is 4.77. The summed E-state index contributed by atoms with van der Waals surface area (Å²) in [5, 5.41) is 5.91. The second-order valence-corrected chi connectivity index (χ2v) is 8.17. The number of fused-ring (bicyclic) bond motifs is 5. The maximum absolute atomic E-state index is 6.32. The summed E-state index contributed by atoms with van der Waals surface area (Å²) in [5.41, 5.74) is 8.15. The lowest BCUT2D eigenvalue weighted by Crippen LogP contribution is -1.91. The van der Waals surface area contributed by atoms with Crippen LogP contribution in [0, 0.1) is 20.8 Å². The van der Waals surface area contributed by atoms with E-state index in [1.165, 1.54) is 32.8 Å². The lowest BCUT2D eigenvalue weighted by molar-refractivity contribution is 0.667. The van der Waals surface area contributed by atoms with E-state index in [9.17, 15) is 0 Å². The zero-order chi connectivity index (χ0) is 20.4. The zero-order valence-electron chi connectivity index (χ0n) is 17.2. The lowest BCUT2D eigenvalue weighted by Gasteiger charge is -2.11. The smallest absolute Gasteiger partial charge is 0.180 e. The molecule has 144 valence electrons. The van der Waals surface area contributed by atoms with Crippen LogP contribution in [-0.4, -0.2) is 9.97 Å². The van der Waals surface area contributed by atoms with Crippen molar-refractivity contribution in [1.29, 1.82) is 0 Å². The van der Waals surface area contributed by atoms with Crippen LogP contribution < -0.4 is 0 Å². The second-order valence-electron chi connectivity index (χ2n) is 8.17. The largest absolute Gasteiger partial charge is 0.452 e. The van der Waals surface area contributed by atoms with Crippen molar-refractivity contribution < 1.29 is 4.42 Å². The van der Waals surface area contributed by atoms with Crippen molar-refractivity contribution >= 4 is 43.6 Å². The molecule has 0 atom stereocenters. The van der Waals surface area contributed by atoms with E-state index in [4.69, 9.17) is 4.42 Å². The number of hydrogen-bond donors (Lipinski definition) is 0. The third-order valence-electron chi connectivity index (χ3n) is 5.98. The van der Waals surface area contributed by atoms with Crippen LogP contribution in [0.25, 0.3) is 54.9 Å². The minimum atomic E-state index is 0.742. The highest BCUT2D eigenvalue weighted by Gasteiger charge is 2.16. The standard InChI is InChI=1S/C27H20N2O/c1-15-8-16(2)24-17(3)10-21(11-20(24)9-15)25-27-26(29-14-28-25)22-12-18-6-4-5-7-19(18)13-23(22)30-27/h4-14H,1-3H3. The molecule has 0 saturated carbocycles. The summed E-state index contributed by atoms with van der Waals surface area (Å²) >= 11 is 0. The molecule has 0 fully saturated rings. The van der Waals surface area contributed by atoms with Gasteiger partial charge in [0.2, 0.25) is 0 Å².